The van der Waals surface area contributed by atoms with Crippen LogP contribution in [0.3, 0.4) is 0 Å². The zero-order chi connectivity index (χ0) is 12.9. The molecule has 0 atom stereocenters. The van der Waals surface area contributed by atoms with E-state index >= 15 is 0 Å². The van der Waals surface area contributed by atoms with Gasteiger partial charge in [0.05, 0.1) is 4.88 Å². The van der Waals surface area contributed by atoms with Gasteiger partial charge in [0.15, 0.2) is 0 Å². The molecule has 0 aliphatic carbocycles. The smallest absolute Gasteiger partial charge is 0.113 e. The molecule has 1 aromatic carbocycles. The first-order valence-electron chi connectivity index (χ1n) is 6.00. The molecule has 1 nitrogen and oxygen atoms in total. The van der Waals surface area contributed by atoms with Crippen molar-refractivity contribution in [2.75, 3.05) is 0 Å². The summed E-state index contributed by atoms with van der Waals surface area (Å²) in [5.41, 5.74) is 2.04. The number of pyridine rings is 1. The van der Waals surface area contributed by atoms with Crippen LogP contribution in [0.2, 0.25) is 0 Å². The second kappa shape index (κ2) is 5.51. The molecule has 0 aliphatic rings. The third-order valence-electron chi connectivity index (χ3n) is 2.64. The van der Waals surface area contributed by atoms with E-state index in [1.54, 1.807) is 17.5 Å². The van der Waals surface area contributed by atoms with E-state index in [2.05, 4.69) is 41.1 Å². The predicted octanol–water partition coefficient (Wildman–Crippen LogP) is 4.21. The van der Waals surface area contributed by atoms with Gasteiger partial charge in [0.2, 0.25) is 0 Å². The lowest BCUT2D eigenvalue weighted by Crippen LogP contribution is -1.77. The van der Waals surface area contributed by atoms with Crippen molar-refractivity contribution in [3.05, 3.63) is 77.4 Å². The number of aromatic nitrogens is 1. The van der Waals surface area contributed by atoms with Crippen LogP contribution in [-0.4, -0.2) is 4.98 Å². The molecule has 0 amide bonds. The number of nitrogens with zero attached hydrogens (tertiary/aromatic N) is 1. The van der Waals surface area contributed by atoms with E-state index in [1.807, 2.05) is 36.4 Å². The van der Waals surface area contributed by atoms with Crippen LogP contribution in [0.15, 0.2) is 66.9 Å². The molecule has 0 saturated carbocycles. The fourth-order valence-corrected chi connectivity index (χ4v) is 2.59. The van der Waals surface area contributed by atoms with Crippen LogP contribution in [0.4, 0.5) is 0 Å². The minimum Gasteiger partial charge on any atom is -0.248 e. The summed E-state index contributed by atoms with van der Waals surface area (Å²) in [7, 11) is 0. The summed E-state index contributed by atoms with van der Waals surface area (Å²) in [5.74, 6) is 6.23. The minimum absolute atomic E-state index is 0.803. The summed E-state index contributed by atoms with van der Waals surface area (Å²) in [6.45, 7) is 0. The highest BCUT2D eigenvalue weighted by atomic mass is 32.1. The first kappa shape index (κ1) is 11.7. The molecular formula is C17H11NS. The van der Waals surface area contributed by atoms with Crippen LogP contribution in [0.1, 0.15) is 10.6 Å². The van der Waals surface area contributed by atoms with E-state index in [0.29, 0.717) is 0 Å². The second-order valence-electron chi connectivity index (χ2n) is 3.99. The number of thiophene rings is 1. The van der Waals surface area contributed by atoms with Crippen molar-refractivity contribution in [1.82, 2.24) is 4.98 Å². The largest absolute Gasteiger partial charge is 0.248 e. The molecule has 0 spiro atoms. The van der Waals surface area contributed by atoms with Crippen molar-refractivity contribution >= 4 is 11.3 Å². The predicted molar refractivity (Wildman–Crippen MR) is 80.0 cm³/mol. The van der Waals surface area contributed by atoms with Gasteiger partial charge in [-0.05, 0) is 41.7 Å². The molecule has 2 heteroatoms. The molecule has 19 heavy (non-hydrogen) atoms. The Morgan fingerprint density at radius 2 is 1.63 bits per heavy atom. The van der Waals surface area contributed by atoms with Crippen LogP contribution < -0.4 is 0 Å². The van der Waals surface area contributed by atoms with Gasteiger partial charge in [-0.1, -0.05) is 36.4 Å². The van der Waals surface area contributed by atoms with Crippen molar-refractivity contribution < 1.29 is 0 Å². The summed E-state index contributed by atoms with van der Waals surface area (Å²) in [6.07, 6.45) is 1.76. The highest BCUT2D eigenvalue weighted by Gasteiger charge is 1.99. The third kappa shape index (κ3) is 2.90. The quantitative estimate of drug-likeness (QED) is 0.598. The highest BCUT2D eigenvalue weighted by Crippen LogP contribution is 2.27. The molecular weight excluding hydrogens is 250 g/mol. The summed E-state index contributed by atoms with van der Waals surface area (Å²) < 4.78 is 0. The van der Waals surface area contributed by atoms with Crippen molar-refractivity contribution in [2.45, 2.75) is 0 Å². The molecule has 2 aromatic heterocycles. The fourth-order valence-electron chi connectivity index (χ4n) is 1.72. The van der Waals surface area contributed by atoms with Crippen molar-refractivity contribution in [3.8, 4) is 22.3 Å². The van der Waals surface area contributed by atoms with Gasteiger partial charge >= 0.3 is 0 Å². The Bertz CT molecular complexity index is 718. The number of hydrogen-bond donors (Lipinski definition) is 0. The van der Waals surface area contributed by atoms with Crippen molar-refractivity contribution in [1.29, 1.82) is 0 Å². The molecule has 0 N–H and O–H groups in total. The van der Waals surface area contributed by atoms with E-state index in [1.165, 1.54) is 10.4 Å². The third-order valence-corrected chi connectivity index (χ3v) is 3.69. The van der Waals surface area contributed by atoms with Crippen LogP contribution in [0, 0.1) is 11.8 Å². The van der Waals surface area contributed by atoms with Gasteiger partial charge in [-0.15, -0.1) is 11.3 Å². The van der Waals surface area contributed by atoms with Gasteiger partial charge in [-0.2, -0.15) is 0 Å². The summed E-state index contributed by atoms with van der Waals surface area (Å²) in [5, 5.41) is 0. The Hall–Kier alpha value is -2.37. The first-order valence-corrected chi connectivity index (χ1v) is 6.82. The Morgan fingerprint density at radius 1 is 0.789 bits per heavy atom. The maximum atomic E-state index is 4.19. The van der Waals surface area contributed by atoms with Crippen LogP contribution in [0.25, 0.3) is 10.4 Å². The van der Waals surface area contributed by atoms with Gasteiger partial charge in [0.1, 0.15) is 5.69 Å². The maximum absolute atomic E-state index is 4.19. The van der Waals surface area contributed by atoms with E-state index in [-0.39, 0.29) is 0 Å². The van der Waals surface area contributed by atoms with Crippen molar-refractivity contribution in [3.63, 3.8) is 0 Å². The summed E-state index contributed by atoms with van der Waals surface area (Å²) in [4.78, 5) is 6.49. The Balaban J connectivity index is 1.85. The Labute approximate surface area is 116 Å². The SMILES string of the molecule is C(#Cc1ccc(-c2ccccc2)s1)c1ccccn1. The zero-order valence-corrected chi connectivity index (χ0v) is 11.0. The van der Waals surface area contributed by atoms with Gasteiger partial charge < -0.3 is 0 Å². The molecule has 0 saturated heterocycles. The lowest BCUT2D eigenvalue weighted by atomic mass is 10.2. The molecule has 2 heterocycles. The van der Waals surface area contributed by atoms with Gasteiger partial charge in [-0.3, -0.25) is 0 Å². The van der Waals surface area contributed by atoms with Gasteiger partial charge in [0.25, 0.3) is 0 Å². The van der Waals surface area contributed by atoms with E-state index in [9.17, 15) is 0 Å². The van der Waals surface area contributed by atoms with Gasteiger partial charge in [-0.25, -0.2) is 4.98 Å². The number of rotatable bonds is 1. The molecule has 0 bridgehead atoms. The molecule has 90 valence electrons. The number of benzene rings is 1. The maximum Gasteiger partial charge on any atom is 0.113 e. The number of hydrogen-bond acceptors (Lipinski definition) is 2. The standard InChI is InChI=1S/C17H11NS/c1-2-6-14(7-3-1)17-12-11-16(19-17)10-9-15-8-4-5-13-18-15/h1-8,11-13H. The molecule has 0 aliphatic heterocycles. The fraction of sp³-hybridized carbons (Fsp3) is 0. The highest BCUT2D eigenvalue weighted by molar-refractivity contribution is 7.16. The minimum atomic E-state index is 0.803. The van der Waals surface area contributed by atoms with E-state index < -0.39 is 0 Å². The molecule has 0 unspecified atom stereocenters. The molecule has 0 radical (unpaired) electrons. The van der Waals surface area contributed by atoms with E-state index in [0.717, 1.165) is 10.6 Å². The van der Waals surface area contributed by atoms with Gasteiger partial charge in [0, 0.05) is 11.1 Å². The molecule has 0 fully saturated rings. The topological polar surface area (TPSA) is 12.9 Å². The van der Waals surface area contributed by atoms with Crippen LogP contribution in [0.5, 0.6) is 0 Å². The lowest BCUT2D eigenvalue weighted by molar-refractivity contribution is 1.29. The normalized spacial score (nSPS) is 9.68. The summed E-state index contributed by atoms with van der Waals surface area (Å²) in [6, 6.07) is 20.3. The average molecular weight is 261 g/mol. The van der Waals surface area contributed by atoms with Crippen molar-refractivity contribution in [2.24, 2.45) is 0 Å². The molecule has 3 rings (SSSR count). The van der Waals surface area contributed by atoms with E-state index in [4.69, 9.17) is 0 Å². The second-order valence-corrected chi connectivity index (χ2v) is 5.08. The average Bonchev–Trinajstić information content (AvgIpc) is 2.96. The zero-order valence-electron chi connectivity index (χ0n) is 10.2. The van der Waals surface area contributed by atoms with Crippen LogP contribution in [-0.2, 0) is 0 Å². The Morgan fingerprint density at radius 3 is 2.42 bits per heavy atom. The Kier molecular flexibility index (Phi) is 3.40. The van der Waals surface area contributed by atoms with Crippen LogP contribution >= 0.6 is 11.3 Å². The monoisotopic (exact) mass is 261 g/mol. The molecule has 3 aromatic rings. The lowest BCUT2D eigenvalue weighted by Gasteiger charge is -1.93. The first-order chi connectivity index (χ1) is 9.42. The summed E-state index contributed by atoms with van der Waals surface area (Å²) >= 11 is 1.70.